The first-order valence-electron chi connectivity index (χ1n) is 37.2. The van der Waals surface area contributed by atoms with Gasteiger partial charge in [-0.2, -0.15) is 0 Å². The molecule has 0 aromatic heterocycles. The fourth-order valence-corrected chi connectivity index (χ4v) is 20.6. The van der Waals surface area contributed by atoms with Crippen LogP contribution in [-0.2, 0) is 48.7 Å². The molecule has 0 bridgehead atoms. The Kier molecular flexibility index (Phi) is 25.0. The number of benzene rings is 3. The summed E-state index contributed by atoms with van der Waals surface area (Å²) in [7, 11) is -2.35. The van der Waals surface area contributed by atoms with Crippen LogP contribution in [0.25, 0.3) is 0 Å². The maximum absolute atomic E-state index is 8.58. The molecule has 94 heavy (non-hydrogen) atoms. The Hall–Kier alpha value is -2.51. The third-order valence-corrected chi connectivity index (χ3v) is 20.2. The fourth-order valence-electron chi connectivity index (χ4n) is 19.5. The molecule has 0 saturated heterocycles. The molecule has 0 spiro atoms. The van der Waals surface area contributed by atoms with E-state index in [1.165, 1.54) is 50.1 Å². The SMILES string of the molecule is CC(C)(C)CC(C)(C)c1cc(C(C)(C)CC(C)(C)C)c(OP(Oc2c(C(C)(C)CC(C)(C)C)cc(C(C)(C)CC(C)(C)C)cc2C(C)(C)CC(C)(C)C)Oc2c(C(C)(C)CC(C)(C)C)cc(C(C)(C)CC(C)(C)C)cc2C(C)(C)CC(C)(C)C)c(C(C)(C)CC(C)(C)C)c1. The zero-order valence-corrected chi connectivity index (χ0v) is 72.4. The van der Waals surface area contributed by atoms with Crippen LogP contribution in [0.15, 0.2) is 36.4 Å². The third kappa shape index (κ3) is 25.6. The Morgan fingerprint density at radius 2 is 0.287 bits per heavy atom. The monoisotopic (exact) mass is 1320 g/mol. The lowest BCUT2D eigenvalue weighted by atomic mass is 9.65. The molecule has 3 rings (SSSR count). The second-order valence-electron chi connectivity index (χ2n) is 47.8. The van der Waals surface area contributed by atoms with Crippen molar-refractivity contribution in [2.45, 2.75) is 418 Å². The van der Waals surface area contributed by atoms with E-state index in [-0.39, 0.29) is 97.5 Å². The molecule has 0 fully saturated rings. The quantitative estimate of drug-likeness (QED) is 0.0837. The van der Waals surface area contributed by atoms with Crippen LogP contribution < -0.4 is 13.6 Å². The summed E-state index contributed by atoms with van der Waals surface area (Å²) >= 11 is 0. The van der Waals surface area contributed by atoms with Gasteiger partial charge >= 0.3 is 8.60 Å². The van der Waals surface area contributed by atoms with Gasteiger partial charge in [-0.1, -0.05) is 348 Å². The van der Waals surface area contributed by atoms with Gasteiger partial charge in [0.25, 0.3) is 0 Å². The molecule has 0 aliphatic carbocycles. The van der Waals surface area contributed by atoms with E-state index in [9.17, 15) is 0 Å². The normalized spacial score (nSPS) is 15.1. The summed E-state index contributed by atoms with van der Waals surface area (Å²) in [4.78, 5) is 0. The van der Waals surface area contributed by atoms with Crippen LogP contribution >= 0.6 is 8.60 Å². The minimum atomic E-state index is -2.35. The van der Waals surface area contributed by atoms with E-state index in [0.717, 1.165) is 75.0 Å². The van der Waals surface area contributed by atoms with Crippen molar-refractivity contribution in [3.8, 4) is 17.2 Å². The first kappa shape index (κ1) is 85.7. The molecule has 0 unspecified atom stereocenters. The van der Waals surface area contributed by atoms with Crippen molar-refractivity contribution in [2.75, 3.05) is 0 Å². The predicted molar refractivity (Wildman–Crippen MR) is 422 cm³/mol. The molecule has 0 radical (unpaired) electrons. The Bertz CT molecular complexity index is 2540. The van der Waals surface area contributed by atoms with Gasteiger partial charge < -0.3 is 13.6 Å². The van der Waals surface area contributed by atoms with Crippen molar-refractivity contribution in [2.24, 2.45) is 48.7 Å². The van der Waals surface area contributed by atoms with Crippen LogP contribution in [0.1, 0.15) is 419 Å². The van der Waals surface area contributed by atoms with E-state index in [2.05, 4.69) is 348 Å². The van der Waals surface area contributed by atoms with Gasteiger partial charge in [-0.25, -0.2) is 0 Å². The fraction of sp³-hybridized carbons (Fsp3) is 0.800. The van der Waals surface area contributed by atoms with Gasteiger partial charge in [0.1, 0.15) is 17.2 Å². The molecule has 0 saturated carbocycles. The van der Waals surface area contributed by atoms with Gasteiger partial charge in [0.05, 0.1) is 0 Å². The van der Waals surface area contributed by atoms with Crippen molar-refractivity contribution in [1.29, 1.82) is 0 Å². The van der Waals surface area contributed by atoms with Crippen molar-refractivity contribution in [3.63, 3.8) is 0 Å². The highest BCUT2D eigenvalue weighted by atomic mass is 31.2. The van der Waals surface area contributed by atoms with Crippen LogP contribution in [0, 0.1) is 48.7 Å². The molecule has 0 aliphatic heterocycles. The molecule has 0 N–H and O–H groups in total. The molecule has 0 heterocycles. The number of hydrogen-bond donors (Lipinski definition) is 0. The lowest BCUT2D eigenvalue weighted by molar-refractivity contribution is 0.260. The highest BCUT2D eigenvalue weighted by molar-refractivity contribution is 7.43. The van der Waals surface area contributed by atoms with Gasteiger partial charge in [-0.3, -0.25) is 0 Å². The molecule has 542 valence electrons. The van der Waals surface area contributed by atoms with Crippen LogP contribution in [0.2, 0.25) is 0 Å². The summed E-state index contributed by atoms with van der Waals surface area (Å²) in [5, 5.41) is 0. The van der Waals surface area contributed by atoms with Crippen LogP contribution in [-0.4, -0.2) is 0 Å². The molecule has 0 atom stereocenters. The highest BCUT2D eigenvalue weighted by Crippen LogP contribution is 2.61. The van der Waals surface area contributed by atoms with Crippen molar-refractivity contribution >= 4 is 8.60 Å². The third-order valence-electron chi connectivity index (χ3n) is 19.2. The average Bonchev–Trinajstić information content (AvgIpc) is 0.750. The molecular formula is C90H159O3P. The summed E-state index contributed by atoms with van der Waals surface area (Å²) in [6.45, 7) is 110. The number of rotatable bonds is 24. The van der Waals surface area contributed by atoms with Gasteiger partial charge in [0.15, 0.2) is 0 Å². The minimum Gasteiger partial charge on any atom is -0.408 e. The Morgan fingerprint density at radius 3 is 0.394 bits per heavy atom. The Labute approximate surface area is 589 Å². The Morgan fingerprint density at radius 1 is 0.181 bits per heavy atom. The molecular weight excluding hydrogens is 1160 g/mol. The minimum absolute atomic E-state index is 0.00368. The van der Waals surface area contributed by atoms with E-state index in [1.807, 2.05) is 0 Å². The van der Waals surface area contributed by atoms with E-state index in [1.54, 1.807) is 0 Å². The Balaban J connectivity index is 3.20. The van der Waals surface area contributed by atoms with Gasteiger partial charge in [0.2, 0.25) is 0 Å². The zero-order valence-electron chi connectivity index (χ0n) is 71.5. The molecule has 0 aliphatic rings. The van der Waals surface area contributed by atoms with Crippen LogP contribution in [0.5, 0.6) is 17.2 Å². The zero-order chi connectivity index (χ0) is 74.2. The maximum atomic E-state index is 8.58. The van der Waals surface area contributed by atoms with Gasteiger partial charge in [-0.05, 0) is 172 Å². The van der Waals surface area contributed by atoms with E-state index in [0.29, 0.717) is 0 Å². The molecule has 3 aromatic carbocycles. The summed E-state index contributed by atoms with van der Waals surface area (Å²) in [6, 6.07) is 15.5. The van der Waals surface area contributed by atoms with Crippen molar-refractivity contribution in [3.05, 3.63) is 86.5 Å². The van der Waals surface area contributed by atoms with E-state index < -0.39 is 8.60 Å². The topological polar surface area (TPSA) is 27.7 Å². The van der Waals surface area contributed by atoms with E-state index in [4.69, 9.17) is 13.6 Å². The average molecular weight is 1320 g/mol. The summed E-state index contributed by atoms with van der Waals surface area (Å²) in [5.74, 6) is 2.77. The van der Waals surface area contributed by atoms with Gasteiger partial charge in [-0.15, -0.1) is 0 Å². The van der Waals surface area contributed by atoms with Crippen LogP contribution in [0.4, 0.5) is 0 Å². The van der Waals surface area contributed by atoms with E-state index >= 15 is 0 Å². The maximum Gasteiger partial charge on any atom is 0.530 e. The summed E-state index contributed by atoms with van der Waals surface area (Å²) in [5.41, 5.74) is 9.35. The first-order chi connectivity index (χ1) is 40.8. The van der Waals surface area contributed by atoms with Crippen LogP contribution in [0.3, 0.4) is 0 Å². The van der Waals surface area contributed by atoms with Crippen molar-refractivity contribution in [1.82, 2.24) is 0 Å². The predicted octanol–water partition coefficient (Wildman–Crippen LogP) is 29.9. The smallest absolute Gasteiger partial charge is 0.408 e. The molecule has 0 amide bonds. The lowest BCUT2D eigenvalue weighted by Crippen LogP contribution is -2.33. The van der Waals surface area contributed by atoms with Crippen molar-refractivity contribution < 1.29 is 13.6 Å². The second kappa shape index (κ2) is 27.4. The second-order valence-corrected chi connectivity index (χ2v) is 48.8. The molecule has 4 heteroatoms. The van der Waals surface area contributed by atoms with Gasteiger partial charge in [0, 0.05) is 33.4 Å². The highest BCUT2D eigenvalue weighted by Gasteiger charge is 2.47. The summed E-state index contributed by atoms with van der Waals surface area (Å²) < 4.78 is 25.7. The standard InChI is InChI=1S/C90H159O3P/c1-73(2,3)52-82(28,29)61-46-64(85(34,35)55-76(10,11)12)70(65(47-61)86(36,37)56-77(13,14)15)91-94(92-71-66(87(38,39)57-78(16,17)18)48-62(83(30,31)53-74(4,5)6)49-67(71)88(40,41)58-79(19,20)21)93-72-68(89(42,43)59-80(22,23)24)50-63(84(32,33)54-75(7,8)9)51-69(72)90(44,45)60-81(25,26)27/h46-51H,52-60H2,1-45H3. The molecule has 3 aromatic rings. The molecule has 3 nitrogen and oxygen atoms in total. The lowest BCUT2D eigenvalue weighted by Gasteiger charge is -2.43. The largest absolute Gasteiger partial charge is 0.530 e. The number of hydrogen-bond acceptors (Lipinski definition) is 3. The summed E-state index contributed by atoms with van der Waals surface area (Å²) in [6.07, 6.45) is 8.77. The first-order valence-corrected chi connectivity index (χ1v) is 38.3.